The van der Waals surface area contributed by atoms with E-state index in [1.54, 1.807) is 0 Å². The maximum absolute atomic E-state index is 2.45. The summed E-state index contributed by atoms with van der Waals surface area (Å²) in [6.45, 7) is 0. The minimum Gasteiger partial charge on any atom is -1.00 e. The molecule has 0 saturated carbocycles. The second-order valence-electron chi connectivity index (χ2n) is 14.0. The van der Waals surface area contributed by atoms with Crippen molar-refractivity contribution in [2.45, 2.75) is 25.7 Å². The number of rotatable bonds is 8. The molecule has 288 valence electrons. The van der Waals surface area contributed by atoms with E-state index in [2.05, 4.69) is 217 Å². The van der Waals surface area contributed by atoms with Gasteiger partial charge in [0.15, 0.2) is 49.6 Å². The number of aromatic nitrogens is 4. The van der Waals surface area contributed by atoms with E-state index in [0.29, 0.717) is 0 Å². The summed E-state index contributed by atoms with van der Waals surface area (Å²) >= 11 is 0. The summed E-state index contributed by atoms with van der Waals surface area (Å²) < 4.78 is 8.30. The van der Waals surface area contributed by atoms with Gasteiger partial charge in [0.1, 0.15) is 28.2 Å². The molecule has 0 aliphatic heterocycles. The van der Waals surface area contributed by atoms with E-state index in [1.165, 1.54) is 66.8 Å². The van der Waals surface area contributed by atoms with Crippen LogP contribution in [0.25, 0.3) is 48.6 Å². The Labute approximate surface area is 401 Å². The molecule has 0 radical (unpaired) electrons. The molecule has 0 N–H and O–H groups in total. The summed E-state index contributed by atoms with van der Waals surface area (Å²) in [5, 5.41) is 0. The zero-order valence-electron chi connectivity index (χ0n) is 32.3. The van der Waals surface area contributed by atoms with Crippen LogP contribution in [-0.4, -0.2) is 0 Å². The Balaban J connectivity index is 0.00000210. The largest absolute Gasteiger partial charge is 1.00 e. The average Bonchev–Trinajstić information content (AvgIpc) is 3.15. The Morgan fingerprint density at radius 2 is 0.482 bits per heavy atom. The third kappa shape index (κ3) is 13.0. The lowest BCUT2D eigenvalue weighted by atomic mass is 9.86. The SMILES string of the molecule is C[n+]1ccc(/C=C/c2cc3c(/C=C/c4cc[n+](C)cc4)cc2CCc2cc(/C=C/c4cc[n+](C)cc4)c(cc2/C=C/c2cc[n+](C)cc2)CC3)cc1.[I-].[I-].[I-].[I-]. The van der Waals surface area contributed by atoms with Gasteiger partial charge in [-0.25, -0.2) is 18.3 Å². The van der Waals surface area contributed by atoms with Crippen molar-refractivity contribution in [1.29, 1.82) is 0 Å². The van der Waals surface area contributed by atoms with Crippen LogP contribution in [0.5, 0.6) is 0 Å². The molecule has 56 heavy (non-hydrogen) atoms. The first-order valence-corrected chi connectivity index (χ1v) is 18.2. The molecule has 4 heterocycles. The zero-order chi connectivity index (χ0) is 35.9. The number of benzene rings is 2. The van der Waals surface area contributed by atoms with Crippen molar-refractivity contribution >= 4 is 48.6 Å². The highest BCUT2D eigenvalue weighted by molar-refractivity contribution is 5.78. The lowest BCUT2D eigenvalue weighted by molar-refractivity contribution is -0.671. The van der Waals surface area contributed by atoms with E-state index in [1.807, 2.05) is 0 Å². The summed E-state index contributed by atoms with van der Waals surface area (Å²) in [5.74, 6) is 0. The molecule has 4 aromatic heterocycles. The second-order valence-corrected chi connectivity index (χ2v) is 14.0. The fourth-order valence-corrected chi connectivity index (χ4v) is 6.72. The normalized spacial score (nSPS) is 12.2. The monoisotopic (exact) mass is 1190 g/mol. The van der Waals surface area contributed by atoms with Gasteiger partial charge in [0, 0.05) is 48.5 Å². The number of hydrogen-bond donors (Lipinski definition) is 0. The minimum atomic E-state index is 0. The van der Waals surface area contributed by atoms with E-state index in [9.17, 15) is 0 Å². The van der Waals surface area contributed by atoms with Crippen LogP contribution in [0.1, 0.15) is 66.8 Å². The van der Waals surface area contributed by atoms with Crippen molar-refractivity contribution < 1.29 is 114 Å². The molecule has 4 bridgehead atoms. The van der Waals surface area contributed by atoms with Crippen LogP contribution in [0, 0.1) is 0 Å². The van der Waals surface area contributed by atoms with Crippen LogP contribution in [0.15, 0.2) is 122 Å². The lowest BCUT2D eigenvalue weighted by Crippen LogP contribution is -3.00. The first kappa shape index (κ1) is 47.3. The average molecular weight is 1190 g/mol. The van der Waals surface area contributed by atoms with E-state index in [-0.39, 0.29) is 95.9 Å². The maximum atomic E-state index is 2.45. The molecule has 4 aliphatic rings. The molecular weight excluding hydrogens is 1140 g/mol. The van der Waals surface area contributed by atoms with Crippen LogP contribution < -0.4 is 114 Å². The molecule has 0 spiro atoms. The molecule has 2 aromatic carbocycles. The Morgan fingerprint density at radius 1 is 0.304 bits per heavy atom. The number of pyridine rings is 4. The highest BCUT2D eigenvalue weighted by Crippen LogP contribution is 2.30. The summed E-state index contributed by atoms with van der Waals surface area (Å²) in [4.78, 5) is 0. The van der Waals surface area contributed by atoms with Crippen molar-refractivity contribution in [3.63, 3.8) is 0 Å². The van der Waals surface area contributed by atoms with Gasteiger partial charge in [-0.15, -0.1) is 0 Å². The van der Waals surface area contributed by atoms with Gasteiger partial charge in [0.25, 0.3) is 0 Å². The third-order valence-electron chi connectivity index (χ3n) is 9.97. The summed E-state index contributed by atoms with van der Waals surface area (Å²) in [5.41, 5.74) is 15.5. The fourth-order valence-electron chi connectivity index (χ4n) is 6.72. The molecule has 0 fully saturated rings. The summed E-state index contributed by atoms with van der Waals surface area (Å²) in [7, 11) is 8.23. The standard InChI is InChI=1S/C48H48N4.4HI/c1-49-25-17-37(18-26-49)5-9-41-33-46-15-16-48-36-43(11-7-39-21-29-51(3)30-22-39)47(35-44(48)12-8-40-23-31-52(4)32-24-40)14-13-45(41)34-42(46)10-6-38-19-27-50(2)28-20-38;;;;/h5-12,17-36H,13-16H2,1-4H3;4*1H/q+4;;;;/p-4/b9-5+,10-6+,11-7+,12-8+;;;;. The molecule has 0 unspecified atom stereocenters. The number of hydrogen-bond acceptors (Lipinski definition) is 0. The van der Waals surface area contributed by atoms with Gasteiger partial charge in [-0.05, 0) is 92.4 Å². The van der Waals surface area contributed by atoms with Gasteiger partial charge in [-0.1, -0.05) is 72.9 Å². The molecule has 6 aromatic rings. The van der Waals surface area contributed by atoms with Crippen molar-refractivity contribution in [1.82, 2.24) is 0 Å². The van der Waals surface area contributed by atoms with Gasteiger partial charge in [-0.2, -0.15) is 0 Å². The number of aryl methyl sites for hydroxylation is 8. The lowest BCUT2D eigenvalue weighted by Gasteiger charge is -2.19. The zero-order valence-corrected chi connectivity index (χ0v) is 40.9. The number of nitrogens with zero attached hydrogens (tertiary/aromatic N) is 4. The fraction of sp³-hybridized carbons (Fsp3) is 0.167. The van der Waals surface area contributed by atoms with Gasteiger partial charge in [0.05, 0.1) is 0 Å². The predicted octanol–water partition coefficient (Wildman–Crippen LogP) is -4.43. The summed E-state index contributed by atoms with van der Waals surface area (Å²) in [6, 6.07) is 27.1. The molecule has 4 nitrogen and oxygen atoms in total. The van der Waals surface area contributed by atoms with E-state index in [0.717, 1.165) is 25.7 Å². The quantitative estimate of drug-likeness (QED) is 0.108. The second kappa shape index (κ2) is 22.8. The van der Waals surface area contributed by atoms with Crippen molar-refractivity contribution in [3.8, 4) is 0 Å². The molecule has 0 saturated heterocycles. The van der Waals surface area contributed by atoms with E-state index in [4.69, 9.17) is 0 Å². The van der Waals surface area contributed by atoms with E-state index >= 15 is 0 Å². The predicted molar refractivity (Wildman–Crippen MR) is 214 cm³/mol. The topological polar surface area (TPSA) is 15.5 Å². The maximum Gasteiger partial charge on any atom is 0.169 e. The molecule has 8 heteroatoms. The highest BCUT2D eigenvalue weighted by Gasteiger charge is 2.15. The van der Waals surface area contributed by atoms with Crippen LogP contribution >= 0.6 is 0 Å². The highest BCUT2D eigenvalue weighted by atomic mass is 127. The van der Waals surface area contributed by atoms with Gasteiger partial charge in [-0.3, -0.25) is 0 Å². The molecule has 0 amide bonds. The minimum absolute atomic E-state index is 0. The van der Waals surface area contributed by atoms with Crippen LogP contribution in [0.2, 0.25) is 0 Å². The van der Waals surface area contributed by atoms with Crippen LogP contribution in [0.4, 0.5) is 0 Å². The van der Waals surface area contributed by atoms with Gasteiger partial charge >= 0.3 is 0 Å². The first-order chi connectivity index (χ1) is 25.3. The van der Waals surface area contributed by atoms with Crippen molar-refractivity contribution in [3.05, 3.63) is 189 Å². The summed E-state index contributed by atoms with van der Waals surface area (Å²) in [6.07, 6.45) is 38.9. The van der Waals surface area contributed by atoms with Crippen LogP contribution in [-0.2, 0) is 53.9 Å². The molecule has 4 aliphatic carbocycles. The third-order valence-corrected chi connectivity index (χ3v) is 9.97. The van der Waals surface area contributed by atoms with Crippen molar-refractivity contribution in [2.24, 2.45) is 28.2 Å². The van der Waals surface area contributed by atoms with Crippen molar-refractivity contribution in [2.75, 3.05) is 0 Å². The molecule has 0 atom stereocenters. The Morgan fingerprint density at radius 3 is 0.661 bits per heavy atom. The smallest absolute Gasteiger partial charge is 0.169 e. The van der Waals surface area contributed by atoms with Gasteiger partial charge < -0.3 is 95.9 Å². The molecule has 10 rings (SSSR count). The van der Waals surface area contributed by atoms with Gasteiger partial charge in [0.2, 0.25) is 0 Å². The Hall–Kier alpha value is -3.08. The molecular formula is C48H48I4N4. The van der Waals surface area contributed by atoms with Crippen LogP contribution in [0.3, 0.4) is 0 Å². The number of halogens is 4. The first-order valence-electron chi connectivity index (χ1n) is 18.2. The van der Waals surface area contributed by atoms with E-state index < -0.39 is 0 Å². The Bertz CT molecular complexity index is 1980. The Kier molecular flexibility index (Phi) is 19.2.